The van der Waals surface area contributed by atoms with Gasteiger partial charge in [0, 0.05) is 17.6 Å². The molecule has 1 heterocycles. The Hall–Kier alpha value is -1.18. The zero-order valence-electron chi connectivity index (χ0n) is 11.4. The van der Waals surface area contributed by atoms with Gasteiger partial charge in [-0.25, -0.2) is 0 Å². The Balaban J connectivity index is 1.64. The molecule has 1 saturated heterocycles. The molecule has 0 aromatic heterocycles. The SMILES string of the molecule is O=C(COc1ccc(Br)cc1)NC(=S)NCC1CCCO1. The quantitative estimate of drug-likeness (QED) is 0.774. The summed E-state index contributed by atoms with van der Waals surface area (Å²) >= 11 is 8.39. The molecule has 1 aliphatic rings. The van der Waals surface area contributed by atoms with E-state index < -0.39 is 0 Å². The first kappa shape index (κ1) is 16.2. The predicted octanol–water partition coefficient (Wildman–Crippen LogP) is 2.00. The Morgan fingerprint density at radius 3 is 2.86 bits per heavy atom. The van der Waals surface area contributed by atoms with E-state index in [4.69, 9.17) is 21.7 Å². The van der Waals surface area contributed by atoms with E-state index in [1.807, 2.05) is 12.1 Å². The number of rotatable bonds is 5. The molecular formula is C14H17BrN2O3S. The minimum Gasteiger partial charge on any atom is -0.484 e. The van der Waals surface area contributed by atoms with Crippen molar-refractivity contribution in [1.29, 1.82) is 0 Å². The molecule has 1 unspecified atom stereocenters. The van der Waals surface area contributed by atoms with E-state index in [1.165, 1.54) is 0 Å². The number of thiocarbonyl (C=S) groups is 1. The molecule has 1 aromatic carbocycles. The van der Waals surface area contributed by atoms with Crippen LogP contribution in [0.3, 0.4) is 0 Å². The van der Waals surface area contributed by atoms with Gasteiger partial charge in [0.2, 0.25) is 0 Å². The standard InChI is InChI=1S/C14H17BrN2O3S/c15-10-3-5-11(6-4-10)20-9-13(18)17-14(21)16-8-12-2-1-7-19-12/h3-6,12H,1-2,7-9H2,(H2,16,17,18,21). The molecule has 21 heavy (non-hydrogen) atoms. The number of hydrogen-bond donors (Lipinski definition) is 2. The van der Waals surface area contributed by atoms with Crippen LogP contribution in [0.2, 0.25) is 0 Å². The topological polar surface area (TPSA) is 59.6 Å². The Kier molecular flexibility index (Phi) is 6.41. The number of carbonyl (C=O) groups excluding carboxylic acids is 1. The molecule has 2 rings (SSSR count). The number of ether oxygens (including phenoxy) is 2. The maximum absolute atomic E-state index is 11.7. The molecule has 5 nitrogen and oxygen atoms in total. The molecule has 114 valence electrons. The average Bonchev–Trinajstić information content (AvgIpc) is 2.98. The lowest BCUT2D eigenvalue weighted by atomic mass is 10.2. The van der Waals surface area contributed by atoms with Crippen LogP contribution in [0.1, 0.15) is 12.8 Å². The van der Waals surface area contributed by atoms with Crippen LogP contribution in [0.15, 0.2) is 28.7 Å². The summed E-state index contributed by atoms with van der Waals surface area (Å²) in [7, 11) is 0. The Bertz CT molecular complexity index is 489. The summed E-state index contributed by atoms with van der Waals surface area (Å²) in [5.74, 6) is 0.342. The van der Waals surface area contributed by atoms with Gasteiger partial charge in [0.1, 0.15) is 5.75 Å². The fourth-order valence-electron chi connectivity index (χ4n) is 1.90. The smallest absolute Gasteiger partial charge is 0.264 e. The van der Waals surface area contributed by atoms with Crippen LogP contribution in [0.4, 0.5) is 0 Å². The molecule has 7 heteroatoms. The van der Waals surface area contributed by atoms with E-state index in [0.29, 0.717) is 17.4 Å². The number of benzene rings is 1. The first-order valence-corrected chi connectivity index (χ1v) is 7.91. The second kappa shape index (κ2) is 8.31. The largest absolute Gasteiger partial charge is 0.484 e. The second-order valence-electron chi connectivity index (χ2n) is 4.64. The fraction of sp³-hybridized carbons (Fsp3) is 0.429. The second-order valence-corrected chi connectivity index (χ2v) is 5.96. The van der Waals surface area contributed by atoms with Crippen LogP contribution in [0, 0.1) is 0 Å². The summed E-state index contributed by atoms with van der Waals surface area (Å²) in [5, 5.41) is 5.85. The molecular weight excluding hydrogens is 356 g/mol. The number of nitrogens with one attached hydrogen (secondary N) is 2. The molecule has 1 atom stereocenters. The lowest BCUT2D eigenvalue weighted by Crippen LogP contribution is -2.43. The van der Waals surface area contributed by atoms with Gasteiger partial charge in [0.05, 0.1) is 6.10 Å². The van der Waals surface area contributed by atoms with Gasteiger partial charge in [-0.15, -0.1) is 0 Å². The van der Waals surface area contributed by atoms with E-state index >= 15 is 0 Å². The number of halogens is 1. The van der Waals surface area contributed by atoms with Crippen LogP contribution >= 0.6 is 28.1 Å². The van der Waals surface area contributed by atoms with Gasteiger partial charge < -0.3 is 20.1 Å². The molecule has 1 fully saturated rings. The van der Waals surface area contributed by atoms with Crippen LogP contribution in [0.25, 0.3) is 0 Å². The average molecular weight is 373 g/mol. The maximum atomic E-state index is 11.7. The lowest BCUT2D eigenvalue weighted by molar-refractivity contribution is -0.121. The Labute approximate surface area is 137 Å². The monoisotopic (exact) mass is 372 g/mol. The molecule has 1 aliphatic heterocycles. The van der Waals surface area contributed by atoms with Crippen molar-refractivity contribution in [2.24, 2.45) is 0 Å². The Morgan fingerprint density at radius 2 is 2.19 bits per heavy atom. The molecule has 0 spiro atoms. The molecule has 1 aromatic rings. The van der Waals surface area contributed by atoms with Gasteiger partial charge in [0.25, 0.3) is 5.91 Å². The highest BCUT2D eigenvalue weighted by Crippen LogP contribution is 2.15. The first-order chi connectivity index (χ1) is 10.1. The summed E-state index contributed by atoms with van der Waals surface area (Å²) < 4.78 is 11.8. The van der Waals surface area contributed by atoms with Crippen molar-refractivity contribution < 1.29 is 14.3 Å². The van der Waals surface area contributed by atoms with Crippen molar-refractivity contribution in [3.8, 4) is 5.75 Å². The summed E-state index contributed by atoms with van der Waals surface area (Å²) in [6.45, 7) is 1.34. The highest BCUT2D eigenvalue weighted by Gasteiger charge is 2.15. The minimum absolute atomic E-state index is 0.0800. The van der Waals surface area contributed by atoms with E-state index in [9.17, 15) is 4.79 Å². The van der Waals surface area contributed by atoms with Crippen LogP contribution in [-0.4, -0.2) is 36.9 Å². The number of carbonyl (C=O) groups is 1. The van der Waals surface area contributed by atoms with Crippen molar-refractivity contribution in [2.45, 2.75) is 18.9 Å². The third-order valence-electron chi connectivity index (χ3n) is 2.95. The van der Waals surface area contributed by atoms with Gasteiger partial charge in [0.15, 0.2) is 11.7 Å². The maximum Gasteiger partial charge on any atom is 0.264 e. The zero-order valence-corrected chi connectivity index (χ0v) is 13.8. The summed E-state index contributed by atoms with van der Waals surface area (Å²) in [4.78, 5) is 11.7. The predicted molar refractivity (Wildman–Crippen MR) is 87.4 cm³/mol. The van der Waals surface area contributed by atoms with Crippen LogP contribution in [-0.2, 0) is 9.53 Å². The summed E-state index contributed by atoms with van der Waals surface area (Å²) in [6, 6.07) is 7.26. The molecule has 0 saturated carbocycles. The van der Waals surface area contributed by atoms with Crippen molar-refractivity contribution in [1.82, 2.24) is 10.6 Å². The zero-order chi connectivity index (χ0) is 15.1. The highest BCUT2D eigenvalue weighted by atomic mass is 79.9. The van der Waals surface area contributed by atoms with Gasteiger partial charge in [-0.2, -0.15) is 0 Å². The van der Waals surface area contributed by atoms with E-state index in [-0.39, 0.29) is 18.6 Å². The molecule has 2 N–H and O–H groups in total. The lowest BCUT2D eigenvalue weighted by Gasteiger charge is -2.13. The molecule has 0 bridgehead atoms. The van der Waals surface area contributed by atoms with Crippen LogP contribution in [0.5, 0.6) is 5.75 Å². The summed E-state index contributed by atoms with van der Waals surface area (Å²) in [6.07, 6.45) is 2.28. The van der Waals surface area contributed by atoms with E-state index in [1.54, 1.807) is 12.1 Å². The third kappa shape index (κ3) is 5.99. The molecule has 0 radical (unpaired) electrons. The van der Waals surface area contributed by atoms with Crippen molar-refractivity contribution >= 4 is 39.2 Å². The van der Waals surface area contributed by atoms with E-state index in [0.717, 1.165) is 23.9 Å². The van der Waals surface area contributed by atoms with Crippen LogP contribution < -0.4 is 15.4 Å². The molecule has 0 aliphatic carbocycles. The van der Waals surface area contributed by atoms with Gasteiger partial charge in [-0.1, -0.05) is 15.9 Å². The highest BCUT2D eigenvalue weighted by molar-refractivity contribution is 9.10. The van der Waals surface area contributed by atoms with Crippen molar-refractivity contribution in [3.63, 3.8) is 0 Å². The molecule has 1 amide bonds. The van der Waals surface area contributed by atoms with E-state index in [2.05, 4.69) is 26.6 Å². The van der Waals surface area contributed by atoms with Crippen molar-refractivity contribution in [3.05, 3.63) is 28.7 Å². The minimum atomic E-state index is -0.289. The number of hydrogen-bond acceptors (Lipinski definition) is 4. The fourth-order valence-corrected chi connectivity index (χ4v) is 2.36. The first-order valence-electron chi connectivity index (χ1n) is 6.71. The van der Waals surface area contributed by atoms with Gasteiger partial charge in [-0.05, 0) is 49.3 Å². The van der Waals surface area contributed by atoms with Gasteiger partial charge >= 0.3 is 0 Å². The third-order valence-corrected chi connectivity index (χ3v) is 3.73. The van der Waals surface area contributed by atoms with Crippen molar-refractivity contribution in [2.75, 3.05) is 19.8 Å². The summed E-state index contributed by atoms with van der Waals surface area (Å²) in [5.41, 5.74) is 0. The van der Waals surface area contributed by atoms with Gasteiger partial charge in [-0.3, -0.25) is 4.79 Å². The Morgan fingerprint density at radius 1 is 1.43 bits per heavy atom. The number of amides is 1. The normalized spacial score (nSPS) is 17.3.